The summed E-state index contributed by atoms with van der Waals surface area (Å²) >= 11 is 11.5. The van der Waals surface area contributed by atoms with Crippen molar-refractivity contribution in [2.45, 2.75) is 6.92 Å². The van der Waals surface area contributed by atoms with Crippen LogP contribution in [-0.4, -0.2) is 0 Å². The minimum atomic E-state index is 0.332. The second kappa shape index (κ2) is 3.13. The fourth-order valence-electron chi connectivity index (χ4n) is 0.799. The van der Waals surface area contributed by atoms with E-state index in [4.69, 9.17) is 29.8 Å². The van der Waals surface area contributed by atoms with E-state index < -0.39 is 0 Å². The maximum Gasteiger partial charge on any atom is 0.223 e. The molecule has 0 spiro atoms. The molecule has 0 aliphatic heterocycles. The molecule has 0 heterocycles. The predicted octanol–water partition coefficient (Wildman–Crippen LogP) is 3.85. The summed E-state index contributed by atoms with van der Waals surface area (Å²) in [6.45, 7) is 8.63. The van der Waals surface area contributed by atoms with Gasteiger partial charge in [-0.1, -0.05) is 40.9 Å². The molecule has 56 valence electrons. The van der Waals surface area contributed by atoms with Crippen molar-refractivity contribution in [1.82, 2.24) is 0 Å². The first kappa shape index (κ1) is 8.39. The maximum atomic E-state index is 6.75. The Morgan fingerprint density at radius 1 is 1.27 bits per heavy atom. The molecule has 1 aromatic rings. The lowest BCUT2D eigenvalue weighted by Crippen LogP contribution is -1.73. The standard InChI is InChI=1S/C8H5Cl2N/c1-5-3-6(9)8(11-2)7(10)4-5/h3-4H,1H3. The highest BCUT2D eigenvalue weighted by Crippen LogP contribution is 2.33. The van der Waals surface area contributed by atoms with Crippen LogP contribution in [0.4, 0.5) is 5.69 Å². The topological polar surface area (TPSA) is 4.36 Å². The molecule has 0 aliphatic rings. The van der Waals surface area contributed by atoms with Gasteiger partial charge in [0.05, 0.1) is 6.57 Å². The number of halogens is 2. The van der Waals surface area contributed by atoms with Gasteiger partial charge < -0.3 is 0 Å². The minimum Gasteiger partial charge on any atom is -0.235 e. The Labute approximate surface area is 75.4 Å². The largest absolute Gasteiger partial charge is 0.235 e. The number of aryl methyl sites for hydroxylation is 1. The molecule has 1 rings (SSSR count). The van der Waals surface area contributed by atoms with E-state index in [1.54, 1.807) is 12.1 Å². The van der Waals surface area contributed by atoms with Crippen molar-refractivity contribution in [2.24, 2.45) is 0 Å². The zero-order chi connectivity index (χ0) is 8.43. The van der Waals surface area contributed by atoms with E-state index in [9.17, 15) is 0 Å². The van der Waals surface area contributed by atoms with Crippen LogP contribution in [0.15, 0.2) is 12.1 Å². The second-order valence-corrected chi connectivity index (χ2v) is 3.00. The smallest absolute Gasteiger partial charge is 0.223 e. The summed E-state index contributed by atoms with van der Waals surface area (Å²) in [6.07, 6.45) is 0. The average Bonchev–Trinajstić information content (AvgIpc) is 1.85. The molecule has 0 fully saturated rings. The van der Waals surface area contributed by atoms with Crippen LogP contribution in [0.5, 0.6) is 0 Å². The van der Waals surface area contributed by atoms with Gasteiger partial charge in [-0.05, 0) is 6.92 Å². The maximum absolute atomic E-state index is 6.75. The Morgan fingerprint density at radius 3 is 2.09 bits per heavy atom. The predicted molar refractivity (Wildman–Crippen MR) is 47.5 cm³/mol. The summed E-state index contributed by atoms with van der Waals surface area (Å²) in [6, 6.07) is 3.45. The molecule has 3 heteroatoms. The number of nitrogens with zero attached hydrogens (tertiary/aromatic N) is 1. The molecule has 11 heavy (non-hydrogen) atoms. The zero-order valence-electron chi connectivity index (χ0n) is 5.86. The van der Waals surface area contributed by atoms with Crippen LogP contribution >= 0.6 is 23.2 Å². The third-order valence-corrected chi connectivity index (χ3v) is 1.85. The van der Waals surface area contributed by atoms with Gasteiger partial charge in [0.1, 0.15) is 0 Å². The molecule has 1 nitrogen and oxygen atoms in total. The molecule has 0 amide bonds. The third kappa shape index (κ3) is 1.65. The molecule has 0 saturated carbocycles. The molecule has 0 N–H and O–H groups in total. The van der Waals surface area contributed by atoms with Crippen molar-refractivity contribution in [3.63, 3.8) is 0 Å². The molecule has 0 radical (unpaired) electrons. The minimum absolute atomic E-state index is 0.332. The summed E-state index contributed by atoms with van der Waals surface area (Å²) < 4.78 is 0. The van der Waals surface area contributed by atoms with E-state index in [1.165, 1.54) is 0 Å². The van der Waals surface area contributed by atoms with Crippen LogP contribution < -0.4 is 0 Å². The van der Waals surface area contributed by atoms with Crippen molar-refractivity contribution in [2.75, 3.05) is 0 Å². The third-order valence-electron chi connectivity index (χ3n) is 1.27. The molecule has 0 saturated heterocycles. The summed E-state index contributed by atoms with van der Waals surface area (Å²) in [4.78, 5) is 3.20. The van der Waals surface area contributed by atoms with E-state index in [0.717, 1.165) is 5.56 Å². The summed E-state index contributed by atoms with van der Waals surface area (Å²) in [5.74, 6) is 0. The molecule has 0 unspecified atom stereocenters. The molecule has 0 aliphatic carbocycles. The van der Waals surface area contributed by atoms with E-state index >= 15 is 0 Å². The normalized spacial score (nSPS) is 9.27. The summed E-state index contributed by atoms with van der Waals surface area (Å²) in [7, 11) is 0. The van der Waals surface area contributed by atoms with Crippen LogP contribution in [0.25, 0.3) is 4.85 Å². The van der Waals surface area contributed by atoms with E-state index in [0.29, 0.717) is 15.7 Å². The van der Waals surface area contributed by atoms with Crippen LogP contribution in [0.1, 0.15) is 5.56 Å². The van der Waals surface area contributed by atoms with Gasteiger partial charge in [0, 0.05) is 10.0 Å². The van der Waals surface area contributed by atoms with E-state index in [1.807, 2.05) is 6.92 Å². The van der Waals surface area contributed by atoms with Gasteiger partial charge in [-0.15, -0.1) is 0 Å². The lowest BCUT2D eigenvalue weighted by Gasteiger charge is -1.99. The highest BCUT2D eigenvalue weighted by Gasteiger charge is 2.05. The number of hydrogen-bond donors (Lipinski definition) is 0. The fraction of sp³-hybridized carbons (Fsp3) is 0.125. The van der Waals surface area contributed by atoms with Crippen LogP contribution in [0.3, 0.4) is 0 Å². The number of rotatable bonds is 0. The Bertz CT molecular complexity index is 302. The molecule has 1 aromatic carbocycles. The van der Waals surface area contributed by atoms with Gasteiger partial charge in [-0.25, -0.2) is 4.85 Å². The van der Waals surface area contributed by atoms with Gasteiger partial charge in [-0.3, -0.25) is 0 Å². The zero-order valence-corrected chi connectivity index (χ0v) is 7.37. The fourth-order valence-corrected chi connectivity index (χ4v) is 1.48. The first-order valence-corrected chi connectivity index (χ1v) is 3.74. The lowest BCUT2D eigenvalue weighted by atomic mass is 10.2. The average molecular weight is 186 g/mol. The molecule has 0 bridgehead atoms. The Morgan fingerprint density at radius 2 is 1.73 bits per heavy atom. The quantitative estimate of drug-likeness (QED) is 0.542. The molecule has 0 aromatic heterocycles. The molecular weight excluding hydrogens is 181 g/mol. The van der Waals surface area contributed by atoms with Crippen molar-refractivity contribution in [1.29, 1.82) is 0 Å². The molecular formula is C8H5Cl2N. The van der Waals surface area contributed by atoms with Crippen molar-refractivity contribution in [3.05, 3.63) is 39.2 Å². The van der Waals surface area contributed by atoms with Gasteiger partial charge >= 0.3 is 0 Å². The second-order valence-electron chi connectivity index (χ2n) is 2.19. The van der Waals surface area contributed by atoms with Crippen molar-refractivity contribution >= 4 is 28.9 Å². The first-order valence-electron chi connectivity index (χ1n) is 2.98. The van der Waals surface area contributed by atoms with Gasteiger partial charge in [0.15, 0.2) is 0 Å². The Hall–Kier alpha value is -0.710. The van der Waals surface area contributed by atoms with Gasteiger partial charge in [0.25, 0.3) is 0 Å². The van der Waals surface area contributed by atoms with Crippen molar-refractivity contribution < 1.29 is 0 Å². The summed E-state index contributed by atoms with van der Waals surface area (Å²) in [5.41, 5.74) is 1.30. The Kier molecular flexibility index (Phi) is 2.38. The Balaban J connectivity index is 3.40. The van der Waals surface area contributed by atoms with Crippen LogP contribution in [0, 0.1) is 13.5 Å². The summed E-state index contributed by atoms with van der Waals surface area (Å²) in [5, 5.41) is 0.843. The highest BCUT2D eigenvalue weighted by molar-refractivity contribution is 6.39. The number of hydrogen-bond acceptors (Lipinski definition) is 0. The van der Waals surface area contributed by atoms with Gasteiger partial charge in [-0.2, -0.15) is 0 Å². The lowest BCUT2D eigenvalue weighted by molar-refractivity contribution is 1.48. The van der Waals surface area contributed by atoms with Crippen LogP contribution in [0.2, 0.25) is 10.0 Å². The highest BCUT2D eigenvalue weighted by atomic mass is 35.5. The SMILES string of the molecule is [C-]#[N+]c1c(Cl)cc(C)cc1Cl. The van der Waals surface area contributed by atoms with Gasteiger partial charge in [0.2, 0.25) is 5.69 Å². The number of benzene rings is 1. The van der Waals surface area contributed by atoms with E-state index in [-0.39, 0.29) is 0 Å². The molecule has 0 atom stereocenters. The van der Waals surface area contributed by atoms with Crippen molar-refractivity contribution in [3.8, 4) is 0 Å². The monoisotopic (exact) mass is 185 g/mol. The van der Waals surface area contributed by atoms with Crippen LogP contribution in [-0.2, 0) is 0 Å². The first-order chi connectivity index (χ1) is 5.15. The van der Waals surface area contributed by atoms with E-state index in [2.05, 4.69) is 4.85 Å².